The summed E-state index contributed by atoms with van der Waals surface area (Å²) in [6, 6.07) is 17.2. The van der Waals surface area contributed by atoms with Crippen LogP contribution in [0, 0.1) is 0 Å². The number of pyridine rings is 1. The first-order valence-electron chi connectivity index (χ1n) is 10.3. The second-order valence-corrected chi connectivity index (χ2v) is 7.36. The van der Waals surface area contributed by atoms with Gasteiger partial charge < -0.3 is 19.5 Å². The van der Waals surface area contributed by atoms with Gasteiger partial charge >= 0.3 is 5.97 Å². The van der Waals surface area contributed by atoms with E-state index in [0.29, 0.717) is 11.1 Å². The van der Waals surface area contributed by atoms with Crippen LogP contribution in [0.5, 0.6) is 0 Å². The predicted molar refractivity (Wildman–Crippen MR) is 122 cm³/mol. The zero-order chi connectivity index (χ0) is 22.4. The first-order chi connectivity index (χ1) is 14.9. The molecule has 2 aromatic carbocycles. The molecular weight excluding hydrogens is 394 g/mol. The van der Waals surface area contributed by atoms with E-state index in [1.165, 1.54) is 6.08 Å². The number of carbonyl (C=O) groups is 1. The Morgan fingerprint density at radius 2 is 1.71 bits per heavy atom. The van der Waals surface area contributed by atoms with Gasteiger partial charge in [-0.1, -0.05) is 54.6 Å². The van der Waals surface area contributed by atoms with E-state index < -0.39 is 18.2 Å². The van der Waals surface area contributed by atoms with E-state index in [-0.39, 0.29) is 25.0 Å². The Morgan fingerprint density at radius 1 is 1.06 bits per heavy atom. The van der Waals surface area contributed by atoms with Crippen LogP contribution in [0.15, 0.2) is 65.5 Å². The lowest BCUT2D eigenvalue weighted by Crippen LogP contribution is -2.22. The highest BCUT2D eigenvalue weighted by atomic mass is 16.5. The number of carbonyl (C=O) groups excluding carboxylic acids is 1. The third-order valence-electron chi connectivity index (χ3n) is 5.11. The molecule has 0 amide bonds. The Labute approximate surface area is 181 Å². The van der Waals surface area contributed by atoms with E-state index >= 15 is 0 Å². The highest BCUT2D eigenvalue weighted by molar-refractivity contribution is 5.99. The molecular formula is C25H27NO5. The number of aliphatic hydroxyl groups is 2. The Kier molecular flexibility index (Phi) is 7.39. The molecule has 0 radical (unpaired) electrons. The molecule has 3 rings (SSSR count). The fraction of sp³-hybridized carbons (Fsp3) is 0.280. The predicted octanol–water partition coefficient (Wildman–Crippen LogP) is 3.28. The number of rotatable bonds is 8. The van der Waals surface area contributed by atoms with Crippen LogP contribution in [0.1, 0.15) is 25.5 Å². The van der Waals surface area contributed by atoms with Crippen molar-refractivity contribution in [1.82, 2.24) is 4.57 Å². The van der Waals surface area contributed by atoms with Crippen molar-refractivity contribution < 1.29 is 19.7 Å². The molecule has 0 fully saturated rings. The van der Waals surface area contributed by atoms with Crippen molar-refractivity contribution in [2.75, 3.05) is 6.61 Å². The second-order valence-electron chi connectivity index (χ2n) is 7.36. The molecule has 1 heterocycles. The number of fused-ring (bicyclic) bond motifs is 1. The monoisotopic (exact) mass is 421 g/mol. The van der Waals surface area contributed by atoms with E-state index in [0.717, 1.165) is 16.5 Å². The van der Waals surface area contributed by atoms with E-state index in [1.54, 1.807) is 30.7 Å². The molecule has 1 aromatic heterocycles. The van der Waals surface area contributed by atoms with Gasteiger partial charge in [0.2, 0.25) is 0 Å². The van der Waals surface area contributed by atoms with Gasteiger partial charge in [-0.15, -0.1) is 0 Å². The molecule has 0 aliphatic rings. The van der Waals surface area contributed by atoms with Crippen molar-refractivity contribution in [2.24, 2.45) is 7.05 Å². The van der Waals surface area contributed by atoms with Crippen molar-refractivity contribution in [1.29, 1.82) is 0 Å². The third kappa shape index (κ3) is 5.29. The molecule has 0 spiro atoms. The Bertz CT molecular complexity index is 1130. The van der Waals surface area contributed by atoms with E-state index in [2.05, 4.69) is 0 Å². The highest BCUT2D eigenvalue weighted by Crippen LogP contribution is 2.31. The molecule has 6 heteroatoms. The average molecular weight is 421 g/mol. The summed E-state index contributed by atoms with van der Waals surface area (Å²) < 4.78 is 6.38. The van der Waals surface area contributed by atoms with Crippen LogP contribution in [0.2, 0.25) is 0 Å². The summed E-state index contributed by atoms with van der Waals surface area (Å²) in [6.45, 7) is 1.94. The largest absolute Gasteiger partial charge is 0.466 e. The lowest BCUT2D eigenvalue weighted by Gasteiger charge is -2.16. The molecule has 0 aliphatic heterocycles. The van der Waals surface area contributed by atoms with Gasteiger partial charge in [0.25, 0.3) is 5.56 Å². The van der Waals surface area contributed by atoms with Gasteiger partial charge in [0.1, 0.15) is 0 Å². The first-order valence-corrected chi connectivity index (χ1v) is 10.3. The zero-order valence-electron chi connectivity index (χ0n) is 17.7. The van der Waals surface area contributed by atoms with Gasteiger partial charge in [0, 0.05) is 24.4 Å². The summed E-state index contributed by atoms with van der Waals surface area (Å²) in [6.07, 6.45) is 1.02. The topological polar surface area (TPSA) is 88.8 Å². The minimum Gasteiger partial charge on any atom is -0.466 e. The quantitative estimate of drug-likeness (QED) is 0.545. The summed E-state index contributed by atoms with van der Waals surface area (Å²) in [4.78, 5) is 24.4. The van der Waals surface area contributed by atoms with Crippen molar-refractivity contribution in [3.63, 3.8) is 0 Å². The van der Waals surface area contributed by atoms with Crippen molar-refractivity contribution in [3.8, 4) is 11.1 Å². The Hall–Kier alpha value is -3.22. The molecule has 2 atom stereocenters. The van der Waals surface area contributed by atoms with Gasteiger partial charge in [0.15, 0.2) is 0 Å². The lowest BCUT2D eigenvalue weighted by atomic mass is 9.96. The minimum atomic E-state index is -1.02. The molecule has 0 saturated heterocycles. The van der Waals surface area contributed by atoms with Crippen LogP contribution < -0.4 is 5.56 Å². The molecule has 0 bridgehead atoms. The summed E-state index contributed by atoms with van der Waals surface area (Å²) in [7, 11) is 1.70. The molecule has 31 heavy (non-hydrogen) atoms. The molecule has 2 unspecified atom stereocenters. The Balaban J connectivity index is 1.97. The summed E-state index contributed by atoms with van der Waals surface area (Å²) in [5.74, 6) is -0.505. The number of aromatic nitrogens is 1. The molecule has 3 aromatic rings. The van der Waals surface area contributed by atoms with Crippen molar-refractivity contribution >= 4 is 22.8 Å². The summed E-state index contributed by atoms with van der Waals surface area (Å²) >= 11 is 0. The summed E-state index contributed by atoms with van der Waals surface area (Å²) in [5.41, 5.74) is 2.35. The van der Waals surface area contributed by atoms with Crippen LogP contribution in [-0.2, 0) is 16.6 Å². The van der Waals surface area contributed by atoms with E-state index in [1.807, 2.05) is 48.5 Å². The van der Waals surface area contributed by atoms with Crippen LogP contribution in [0.4, 0.5) is 0 Å². The van der Waals surface area contributed by atoms with E-state index in [9.17, 15) is 19.8 Å². The molecule has 0 aliphatic carbocycles. The zero-order valence-corrected chi connectivity index (χ0v) is 17.7. The molecule has 162 valence electrons. The smallest absolute Gasteiger partial charge is 0.308 e. The third-order valence-corrected chi connectivity index (χ3v) is 5.11. The number of nitrogens with zero attached hydrogens (tertiary/aromatic N) is 1. The van der Waals surface area contributed by atoms with Crippen molar-refractivity contribution in [2.45, 2.75) is 32.0 Å². The SMILES string of the molecule is CCOC(=O)CC(O)CC(O)/C=C/c1c(-c2ccccc2)c2ccccc2c(=O)n1C. The highest BCUT2D eigenvalue weighted by Gasteiger charge is 2.17. The maximum Gasteiger partial charge on any atom is 0.308 e. The Morgan fingerprint density at radius 3 is 2.39 bits per heavy atom. The number of esters is 1. The van der Waals surface area contributed by atoms with Crippen LogP contribution in [-0.4, -0.2) is 39.6 Å². The van der Waals surface area contributed by atoms with Gasteiger partial charge in [-0.05, 0) is 30.0 Å². The van der Waals surface area contributed by atoms with Gasteiger partial charge in [-0.3, -0.25) is 9.59 Å². The first kappa shape index (κ1) is 22.5. The fourth-order valence-electron chi connectivity index (χ4n) is 3.64. The average Bonchev–Trinajstić information content (AvgIpc) is 2.75. The number of aliphatic hydroxyl groups excluding tert-OH is 2. The van der Waals surface area contributed by atoms with Crippen LogP contribution >= 0.6 is 0 Å². The number of hydrogen-bond donors (Lipinski definition) is 2. The standard InChI is InChI=1S/C25H27NO5/c1-3-31-23(29)16-19(28)15-18(27)13-14-22-24(17-9-5-4-6-10-17)20-11-7-8-12-21(20)25(30)26(22)2/h4-14,18-19,27-28H,3,15-16H2,1-2H3/b14-13+. The van der Waals surface area contributed by atoms with Crippen molar-refractivity contribution in [3.05, 3.63) is 76.7 Å². The maximum atomic E-state index is 12.9. The van der Waals surface area contributed by atoms with Crippen LogP contribution in [0.3, 0.4) is 0 Å². The summed E-state index contributed by atoms with van der Waals surface area (Å²) in [5, 5.41) is 21.9. The molecule has 0 saturated carbocycles. The van der Waals surface area contributed by atoms with Gasteiger partial charge in [0.05, 0.1) is 30.9 Å². The number of hydrogen-bond acceptors (Lipinski definition) is 5. The molecule has 6 nitrogen and oxygen atoms in total. The van der Waals surface area contributed by atoms with Crippen LogP contribution in [0.25, 0.3) is 28.0 Å². The lowest BCUT2D eigenvalue weighted by molar-refractivity contribution is -0.145. The fourth-order valence-corrected chi connectivity index (χ4v) is 3.64. The normalized spacial score (nSPS) is 13.4. The molecule has 2 N–H and O–H groups in total. The maximum absolute atomic E-state index is 12.9. The minimum absolute atomic E-state index is 0.0164. The number of ether oxygens (including phenoxy) is 1. The van der Waals surface area contributed by atoms with E-state index in [4.69, 9.17) is 4.74 Å². The number of benzene rings is 2. The van der Waals surface area contributed by atoms with Gasteiger partial charge in [-0.2, -0.15) is 0 Å². The second kappa shape index (κ2) is 10.2. The van der Waals surface area contributed by atoms with Gasteiger partial charge in [-0.25, -0.2) is 0 Å².